The molecule has 2 saturated heterocycles. The molecule has 8 heteroatoms. The van der Waals surface area contributed by atoms with Crippen LogP contribution in [0.15, 0.2) is 36.7 Å². The molecule has 2 aliphatic rings. The molecule has 29 heavy (non-hydrogen) atoms. The molecule has 3 heterocycles. The summed E-state index contributed by atoms with van der Waals surface area (Å²) in [6.45, 7) is 6.39. The van der Waals surface area contributed by atoms with Crippen molar-refractivity contribution in [2.75, 3.05) is 31.1 Å². The number of likely N-dealkylation sites (tertiary alicyclic amines) is 1. The predicted octanol–water partition coefficient (Wildman–Crippen LogP) is 3.26. The van der Waals surface area contributed by atoms with Gasteiger partial charge in [0.1, 0.15) is 6.61 Å². The third-order valence-corrected chi connectivity index (χ3v) is 5.59. The largest absolute Gasteiger partial charge is 0.447 e. The molecule has 0 aliphatic carbocycles. The first-order chi connectivity index (χ1) is 14.0. The molecule has 2 unspecified atom stereocenters. The standard InChI is InChI=1S/C21H27N5O3/c1-15-12-22-26(13-15)19-4-3-9-24(14-19)20(27)23-16(2)17-5-7-18(8-6-17)25-10-11-29-21(25)28/h5-8,12-13,16,19H,3-4,9-11,14H2,1-2H3,(H,23,27). The molecule has 2 aromatic rings. The summed E-state index contributed by atoms with van der Waals surface area (Å²) in [5.74, 6) is 0. The summed E-state index contributed by atoms with van der Waals surface area (Å²) in [5.41, 5.74) is 2.93. The van der Waals surface area contributed by atoms with E-state index in [1.165, 1.54) is 0 Å². The molecule has 8 nitrogen and oxygen atoms in total. The number of carbonyl (C=O) groups is 2. The maximum atomic E-state index is 12.8. The zero-order valence-electron chi connectivity index (χ0n) is 16.9. The van der Waals surface area contributed by atoms with Gasteiger partial charge in [0.2, 0.25) is 0 Å². The Kier molecular flexibility index (Phi) is 5.42. The monoisotopic (exact) mass is 397 g/mol. The Balaban J connectivity index is 1.35. The van der Waals surface area contributed by atoms with Crippen molar-refractivity contribution in [2.45, 2.75) is 38.8 Å². The highest BCUT2D eigenvalue weighted by molar-refractivity contribution is 5.89. The Bertz CT molecular complexity index is 879. The second-order valence-corrected chi connectivity index (χ2v) is 7.77. The van der Waals surface area contributed by atoms with Gasteiger partial charge in [-0.05, 0) is 49.9 Å². The quantitative estimate of drug-likeness (QED) is 0.859. The molecule has 1 N–H and O–H groups in total. The van der Waals surface area contributed by atoms with Gasteiger partial charge in [0.15, 0.2) is 0 Å². The van der Waals surface area contributed by atoms with Crippen LogP contribution in [0.4, 0.5) is 15.3 Å². The van der Waals surface area contributed by atoms with Crippen molar-refractivity contribution >= 4 is 17.8 Å². The van der Waals surface area contributed by atoms with Gasteiger partial charge in [-0.25, -0.2) is 9.59 Å². The Morgan fingerprint density at radius 2 is 2.07 bits per heavy atom. The van der Waals surface area contributed by atoms with Crippen molar-refractivity contribution in [3.8, 4) is 0 Å². The van der Waals surface area contributed by atoms with Crippen molar-refractivity contribution in [1.82, 2.24) is 20.0 Å². The van der Waals surface area contributed by atoms with E-state index < -0.39 is 0 Å². The number of ether oxygens (including phenoxy) is 1. The predicted molar refractivity (Wildman–Crippen MR) is 109 cm³/mol. The number of anilines is 1. The molecule has 3 amide bonds. The summed E-state index contributed by atoms with van der Waals surface area (Å²) in [6.07, 6.45) is 5.57. The molecule has 2 aliphatic heterocycles. The topological polar surface area (TPSA) is 79.7 Å². The van der Waals surface area contributed by atoms with Crippen molar-refractivity contribution in [3.05, 3.63) is 47.8 Å². The number of hydrogen-bond donors (Lipinski definition) is 1. The zero-order valence-corrected chi connectivity index (χ0v) is 16.9. The van der Waals surface area contributed by atoms with Crippen LogP contribution in [0.2, 0.25) is 0 Å². The van der Waals surface area contributed by atoms with E-state index in [2.05, 4.69) is 10.4 Å². The van der Waals surface area contributed by atoms with Crippen LogP contribution in [0.3, 0.4) is 0 Å². The third kappa shape index (κ3) is 4.21. The van der Waals surface area contributed by atoms with E-state index in [9.17, 15) is 9.59 Å². The van der Waals surface area contributed by atoms with Crippen LogP contribution < -0.4 is 10.2 Å². The van der Waals surface area contributed by atoms with Crippen molar-refractivity contribution in [3.63, 3.8) is 0 Å². The number of carbonyl (C=O) groups excluding carboxylic acids is 2. The number of hydrogen-bond acceptors (Lipinski definition) is 4. The second-order valence-electron chi connectivity index (χ2n) is 7.77. The minimum Gasteiger partial charge on any atom is -0.447 e. The van der Waals surface area contributed by atoms with Crippen LogP contribution in [0, 0.1) is 6.92 Å². The number of benzene rings is 1. The number of nitrogens with one attached hydrogen (secondary N) is 1. The highest BCUT2D eigenvalue weighted by atomic mass is 16.6. The first-order valence-electron chi connectivity index (χ1n) is 10.1. The number of rotatable bonds is 4. The van der Waals surface area contributed by atoms with E-state index in [4.69, 9.17) is 4.74 Å². The maximum absolute atomic E-state index is 12.8. The van der Waals surface area contributed by atoms with Gasteiger partial charge >= 0.3 is 12.1 Å². The second kappa shape index (κ2) is 8.14. The lowest BCUT2D eigenvalue weighted by Gasteiger charge is -2.33. The molecular weight excluding hydrogens is 370 g/mol. The van der Waals surface area contributed by atoms with Gasteiger partial charge in [0.25, 0.3) is 0 Å². The zero-order chi connectivity index (χ0) is 20.4. The van der Waals surface area contributed by atoms with E-state index in [-0.39, 0.29) is 24.2 Å². The van der Waals surface area contributed by atoms with E-state index in [1.807, 2.05) is 60.1 Å². The van der Waals surface area contributed by atoms with Crippen LogP contribution in [0.5, 0.6) is 0 Å². The minimum atomic E-state index is -0.314. The van der Waals surface area contributed by atoms with E-state index in [0.29, 0.717) is 19.7 Å². The number of nitrogens with zero attached hydrogens (tertiary/aromatic N) is 4. The summed E-state index contributed by atoms with van der Waals surface area (Å²) in [6, 6.07) is 7.70. The van der Waals surface area contributed by atoms with Crippen LogP contribution in [-0.4, -0.2) is 53.0 Å². The van der Waals surface area contributed by atoms with Gasteiger partial charge in [0, 0.05) is 25.0 Å². The molecule has 0 radical (unpaired) electrons. The summed E-state index contributed by atoms with van der Waals surface area (Å²) in [5, 5.41) is 7.50. The number of aryl methyl sites for hydroxylation is 1. The lowest BCUT2D eigenvalue weighted by atomic mass is 10.1. The lowest BCUT2D eigenvalue weighted by molar-refractivity contribution is 0.160. The molecule has 1 aromatic heterocycles. The Morgan fingerprint density at radius 3 is 2.72 bits per heavy atom. The van der Waals surface area contributed by atoms with Gasteiger partial charge in [0.05, 0.1) is 24.8 Å². The van der Waals surface area contributed by atoms with Crippen LogP contribution in [-0.2, 0) is 4.74 Å². The molecular formula is C21H27N5O3. The summed E-state index contributed by atoms with van der Waals surface area (Å²) < 4.78 is 6.95. The van der Waals surface area contributed by atoms with Gasteiger partial charge < -0.3 is 15.0 Å². The maximum Gasteiger partial charge on any atom is 0.414 e. The highest BCUT2D eigenvalue weighted by Crippen LogP contribution is 2.24. The average Bonchev–Trinajstić information content (AvgIpc) is 3.36. The van der Waals surface area contributed by atoms with E-state index in [1.54, 1.807) is 4.90 Å². The fourth-order valence-corrected chi connectivity index (χ4v) is 3.92. The molecule has 1 aromatic carbocycles. The first kappa shape index (κ1) is 19.3. The molecule has 4 rings (SSSR count). The average molecular weight is 397 g/mol. The minimum absolute atomic E-state index is 0.0572. The summed E-state index contributed by atoms with van der Waals surface area (Å²) in [7, 11) is 0. The molecule has 154 valence electrons. The van der Waals surface area contributed by atoms with Gasteiger partial charge in [-0.15, -0.1) is 0 Å². The fraction of sp³-hybridized carbons (Fsp3) is 0.476. The molecule has 2 fully saturated rings. The SMILES string of the molecule is Cc1cnn(C2CCCN(C(=O)NC(C)c3ccc(N4CCOC4=O)cc3)C2)c1. The van der Waals surface area contributed by atoms with Crippen molar-refractivity contribution in [1.29, 1.82) is 0 Å². The Morgan fingerprint density at radius 1 is 1.28 bits per heavy atom. The molecule has 0 saturated carbocycles. The highest BCUT2D eigenvalue weighted by Gasteiger charge is 2.27. The van der Waals surface area contributed by atoms with Crippen LogP contribution in [0.25, 0.3) is 0 Å². The summed E-state index contributed by atoms with van der Waals surface area (Å²) >= 11 is 0. The fourth-order valence-electron chi connectivity index (χ4n) is 3.92. The summed E-state index contributed by atoms with van der Waals surface area (Å²) in [4.78, 5) is 28.0. The van der Waals surface area contributed by atoms with Crippen LogP contribution >= 0.6 is 0 Å². The molecule has 0 bridgehead atoms. The first-order valence-corrected chi connectivity index (χ1v) is 10.1. The van der Waals surface area contributed by atoms with Crippen LogP contribution in [0.1, 0.15) is 43.0 Å². The smallest absolute Gasteiger partial charge is 0.414 e. The number of cyclic esters (lactones) is 1. The normalized spacial score (nSPS) is 20.5. The van der Waals surface area contributed by atoms with Gasteiger partial charge in [-0.2, -0.15) is 5.10 Å². The van der Waals surface area contributed by atoms with E-state index in [0.717, 1.165) is 36.2 Å². The number of urea groups is 1. The lowest BCUT2D eigenvalue weighted by Crippen LogP contribution is -2.46. The van der Waals surface area contributed by atoms with Crippen molar-refractivity contribution < 1.29 is 14.3 Å². The van der Waals surface area contributed by atoms with Crippen molar-refractivity contribution in [2.24, 2.45) is 0 Å². The van der Waals surface area contributed by atoms with Gasteiger partial charge in [-0.3, -0.25) is 9.58 Å². The van der Waals surface area contributed by atoms with E-state index >= 15 is 0 Å². The number of aromatic nitrogens is 2. The molecule has 2 atom stereocenters. The number of piperidine rings is 1. The number of amides is 3. The Labute approximate surface area is 170 Å². The Hall–Kier alpha value is -3.03. The molecule has 0 spiro atoms. The van der Waals surface area contributed by atoms with Gasteiger partial charge in [-0.1, -0.05) is 12.1 Å². The third-order valence-electron chi connectivity index (χ3n) is 5.59.